The maximum Gasteiger partial charge on any atom is 0.193 e. The third kappa shape index (κ3) is 3.51. The van der Waals surface area contributed by atoms with Crippen LogP contribution in [-0.2, 0) is 0 Å². The zero-order chi connectivity index (χ0) is 19.3. The van der Waals surface area contributed by atoms with Crippen LogP contribution < -0.4 is 10.5 Å². The molecule has 0 unspecified atom stereocenters. The number of carbonyl (C=O) groups excluding carboxylic acids is 1. The highest BCUT2D eigenvalue weighted by Crippen LogP contribution is 2.37. The zero-order valence-corrected chi connectivity index (χ0v) is 15.2. The summed E-state index contributed by atoms with van der Waals surface area (Å²) in [6, 6.07) is 31.9. The van der Waals surface area contributed by atoms with Gasteiger partial charge in [-0.05, 0) is 23.8 Å². The van der Waals surface area contributed by atoms with Gasteiger partial charge < -0.3 is 10.5 Å². The molecule has 0 aliphatic heterocycles. The van der Waals surface area contributed by atoms with Crippen LogP contribution in [0.15, 0.2) is 103 Å². The highest BCUT2D eigenvalue weighted by Gasteiger charge is 2.17. The summed E-state index contributed by atoms with van der Waals surface area (Å²) in [4.78, 5) is 13.1. The number of carbonyl (C=O) groups is 1. The van der Waals surface area contributed by atoms with Crippen molar-refractivity contribution in [2.24, 2.45) is 0 Å². The maximum atomic E-state index is 13.1. The quantitative estimate of drug-likeness (QED) is 0.351. The van der Waals surface area contributed by atoms with Gasteiger partial charge in [0.05, 0.1) is 5.69 Å². The van der Waals surface area contributed by atoms with Crippen molar-refractivity contribution < 1.29 is 9.53 Å². The lowest BCUT2D eigenvalue weighted by molar-refractivity contribution is 0.103. The van der Waals surface area contributed by atoms with Gasteiger partial charge in [0.15, 0.2) is 5.78 Å². The molecule has 0 amide bonds. The number of hydrogen-bond acceptors (Lipinski definition) is 3. The standard InChI is InChI=1S/C25H19NO2/c26-22-15-7-9-17-24(22)28-23-16-8-6-13-20(23)19-12-4-5-14-21(19)25(27)18-10-2-1-3-11-18/h1-17H,26H2. The molecule has 4 rings (SSSR count). The molecule has 28 heavy (non-hydrogen) atoms. The van der Waals surface area contributed by atoms with Crippen molar-refractivity contribution in [3.8, 4) is 22.6 Å². The molecule has 3 nitrogen and oxygen atoms in total. The van der Waals surface area contributed by atoms with Crippen LogP contribution in [0.25, 0.3) is 11.1 Å². The Morgan fingerprint density at radius 3 is 1.93 bits per heavy atom. The highest BCUT2D eigenvalue weighted by atomic mass is 16.5. The number of para-hydroxylation sites is 3. The molecule has 0 heterocycles. The normalized spacial score (nSPS) is 10.4. The maximum absolute atomic E-state index is 13.1. The van der Waals surface area contributed by atoms with Crippen LogP contribution in [0.2, 0.25) is 0 Å². The van der Waals surface area contributed by atoms with Crippen LogP contribution in [0.5, 0.6) is 11.5 Å². The Kier molecular flexibility index (Phi) is 4.89. The Bertz CT molecular complexity index is 1120. The van der Waals surface area contributed by atoms with E-state index < -0.39 is 0 Å². The van der Waals surface area contributed by atoms with E-state index in [9.17, 15) is 4.79 Å². The van der Waals surface area contributed by atoms with Crippen molar-refractivity contribution in [3.63, 3.8) is 0 Å². The first-order valence-corrected chi connectivity index (χ1v) is 9.04. The summed E-state index contributed by atoms with van der Waals surface area (Å²) >= 11 is 0. The number of rotatable bonds is 5. The van der Waals surface area contributed by atoms with Crippen LogP contribution in [-0.4, -0.2) is 5.78 Å². The Balaban J connectivity index is 1.79. The molecule has 136 valence electrons. The van der Waals surface area contributed by atoms with Crippen molar-refractivity contribution in [3.05, 3.63) is 114 Å². The van der Waals surface area contributed by atoms with Crippen molar-refractivity contribution in [1.29, 1.82) is 0 Å². The van der Waals surface area contributed by atoms with E-state index in [1.54, 1.807) is 6.07 Å². The van der Waals surface area contributed by atoms with Gasteiger partial charge in [-0.3, -0.25) is 4.79 Å². The lowest BCUT2D eigenvalue weighted by Crippen LogP contribution is -2.03. The summed E-state index contributed by atoms with van der Waals surface area (Å²) in [7, 11) is 0. The predicted molar refractivity (Wildman–Crippen MR) is 113 cm³/mol. The van der Waals surface area contributed by atoms with E-state index in [1.807, 2.05) is 97.1 Å². The summed E-state index contributed by atoms with van der Waals surface area (Å²) < 4.78 is 6.10. The Labute approximate surface area is 164 Å². The topological polar surface area (TPSA) is 52.3 Å². The Hall–Kier alpha value is -3.85. The van der Waals surface area contributed by atoms with Crippen molar-refractivity contribution in [1.82, 2.24) is 0 Å². The molecule has 0 aliphatic rings. The Morgan fingerprint density at radius 2 is 1.18 bits per heavy atom. The van der Waals surface area contributed by atoms with E-state index in [2.05, 4.69) is 0 Å². The molecule has 4 aromatic carbocycles. The average molecular weight is 365 g/mol. The molecule has 0 atom stereocenters. The third-order valence-electron chi connectivity index (χ3n) is 4.52. The van der Waals surface area contributed by atoms with Crippen LogP contribution in [0.4, 0.5) is 5.69 Å². The summed E-state index contributed by atoms with van der Waals surface area (Å²) in [6.07, 6.45) is 0. The van der Waals surface area contributed by atoms with E-state index in [0.29, 0.717) is 28.3 Å². The SMILES string of the molecule is Nc1ccccc1Oc1ccccc1-c1ccccc1C(=O)c1ccccc1. The van der Waals surface area contributed by atoms with E-state index in [1.165, 1.54) is 0 Å². The van der Waals surface area contributed by atoms with Gasteiger partial charge in [0, 0.05) is 16.7 Å². The average Bonchev–Trinajstić information content (AvgIpc) is 2.76. The van der Waals surface area contributed by atoms with Gasteiger partial charge >= 0.3 is 0 Å². The van der Waals surface area contributed by atoms with E-state index in [4.69, 9.17) is 10.5 Å². The fraction of sp³-hybridized carbons (Fsp3) is 0. The van der Waals surface area contributed by atoms with E-state index in [-0.39, 0.29) is 5.78 Å². The minimum atomic E-state index is -0.0229. The van der Waals surface area contributed by atoms with Crippen molar-refractivity contribution in [2.75, 3.05) is 5.73 Å². The minimum Gasteiger partial charge on any atom is -0.455 e. The van der Waals surface area contributed by atoms with Crippen LogP contribution in [0.1, 0.15) is 15.9 Å². The molecule has 2 N–H and O–H groups in total. The van der Waals surface area contributed by atoms with Crippen molar-refractivity contribution >= 4 is 11.5 Å². The Morgan fingerprint density at radius 1 is 0.607 bits per heavy atom. The second-order valence-electron chi connectivity index (χ2n) is 6.38. The number of hydrogen-bond donors (Lipinski definition) is 1. The smallest absolute Gasteiger partial charge is 0.193 e. The van der Waals surface area contributed by atoms with Gasteiger partial charge in [0.25, 0.3) is 0 Å². The molecule has 0 bridgehead atoms. The second kappa shape index (κ2) is 7.80. The predicted octanol–water partition coefficient (Wildman–Crippen LogP) is 5.96. The summed E-state index contributed by atoms with van der Waals surface area (Å²) in [6.45, 7) is 0. The van der Waals surface area contributed by atoms with E-state index in [0.717, 1.165) is 11.1 Å². The van der Waals surface area contributed by atoms with Gasteiger partial charge in [-0.1, -0.05) is 84.9 Å². The number of nitrogen functional groups attached to an aromatic ring is 1. The lowest BCUT2D eigenvalue weighted by Gasteiger charge is -2.15. The minimum absolute atomic E-state index is 0.0229. The molecule has 0 fully saturated rings. The second-order valence-corrected chi connectivity index (χ2v) is 6.38. The molecule has 0 saturated heterocycles. The first-order chi connectivity index (χ1) is 13.7. The summed E-state index contributed by atoms with van der Waals surface area (Å²) in [5.41, 5.74) is 9.54. The highest BCUT2D eigenvalue weighted by molar-refractivity contribution is 6.13. The van der Waals surface area contributed by atoms with Gasteiger partial charge in [-0.15, -0.1) is 0 Å². The molecule has 0 radical (unpaired) electrons. The van der Waals surface area contributed by atoms with E-state index >= 15 is 0 Å². The fourth-order valence-electron chi connectivity index (χ4n) is 3.13. The third-order valence-corrected chi connectivity index (χ3v) is 4.52. The zero-order valence-electron chi connectivity index (χ0n) is 15.2. The van der Waals surface area contributed by atoms with Crippen LogP contribution >= 0.6 is 0 Å². The number of ketones is 1. The molecule has 0 spiro atoms. The van der Waals surface area contributed by atoms with Gasteiger partial charge in [-0.25, -0.2) is 0 Å². The van der Waals surface area contributed by atoms with Gasteiger partial charge in [0.1, 0.15) is 11.5 Å². The molecular formula is C25H19NO2. The fourth-order valence-corrected chi connectivity index (χ4v) is 3.13. The summed E-state index contributed by atoms with van der Waals surface area (Å²) in [5, 5.41) is 0. The van der Waals surface area contributed by atoms with Crippen molar-refractivity contribution in [2.45, 2.75) is 0 Å². The number of nitrogens with two attached hydrogens (primary N) is 1. The number of benzene rings is 4. The van der Waals surface area contributed by atoms with Gasteiger partial charge in [-0.2, -0.15) is 0 Å². The monoisotopic (exact) mass is 365 g/mol. The molecule has 0 saturated carbocycles. The molecule has 4 aromatic rings. The number of anilines is 1. The molecular weight excluding hydrogens is 346 g/mol. The molecule has 0 aliphatic carbocycles. The molecule has 3 heteroatoms. The number of ether oxygens (including phenoxy) is 1. The first kappa shape index (κ1) is 17.6. The molecule has 0 aromatic heterocycles. The largest absolute Gasteiger partial charge is 0.455 e. The van der Waals surface area contributed by atoms with Gasteiger partial charge in [0.2, 0.25) is 0 Å². The van der Waals surface area contributed by atoms with Crippen LogP contribution in [0, 0.1) is 0 Å². The van der Waals surface area contributed by atoms with Crippen LogP contribution in [0.3, 0.4) is 0 Å². The summed E-state index contributed by atoms with van der Waals surface area (Å²) in [5.74, 6) is 1.21. The lowest BCUT2D eigenvalue weighted by atomic mass is 9.93. The first-order valence-electron chi connectivity index (χ1n) is 9.04.